The molecule has 1 aromatic carbocycles. The highest BCUT2D eigenvalue weighted by Crippen LogP contribution is 2.39. The number of likely N-dealkylation sites (tertiary alicyclic amines) is 1. The van der Waals surface area contributed by atoms with E-state index in [0.29, 0.717) is 35.7 Å². The van der Waals surface area contributed by atoms with Crippen LogP contribution in [0.25, 0.3) is 32.6 Å². The Morgan fingerprint density at radius 1 is 1.08 bits per heavy atom. The summed E-state index contributed by atoms with van der Waals surface area (Å²) in [6.45, 7) is 12.4. The van der Waals surface area contributed by atoms with Crippen molar-refractivity contribution in [3.8, 4) is 21.7 Å². The number of aromatic nitrogens is 3. The van der Waals surface area contributed by atoms with Crippen LogP contribution in [-0.2, 0) is 17.5 Å². The number of piperazine rings is 1. The molecule has 1 atom stereocenters. The van der Waals surface area contributed by atoms with E-state index in [1.165, 1.54) is 12.3 Å². The molecule has 4 aromatic rings. The lowest BCUT2D eigenvalue weighted by Crippen LogP contribution is -2.46. The molecular formula is C35H41F3N8O4S. The summed E-state index contributed by atoms with van der Waals surface area (Å²) >= 11 is 0.803. The zero-order chi connectivity index (χ0) is 36.1. The summed E-state index contributed by atoms with van der Waals surface area (Å²) in [5.74, 6) is -0.324. The molecule has 2 amide bonds. The Bertz CT molecular complexity index is 1940. The average Bonchev–Trinajstić information content (AvgIpc) is 3.80. The molecule has 2 aliphatic heterocycles. The molecule has 3 aromatic heterocycles. The summed E-state index contributed by atoms with van der Waals surface area (Å²) in [6.07, 6.45) is -0.674. The van der Waals surface area contributed by atoms with E-state index in [2.05, 4.69) is 35.7 Å². The van der Waals surface area contributed by atoms with Gasteiger partial charge in [-0.15, -0.1) is 11.3 Å². The van der Waals surface area contributed by atoms with Gasteiger partial charge in [0, 0.05) is 93.2 Å². The van der Waals surface area contributed by atoms with Gasteiger partial charge in [-0.25, -0.2) is 19.6 Å². The number of fused-ring (bicyclic) bond motifs is 1. The molecule has 3 N–H and O–H groups in total. The number of hydrogen-bond acceptors (Lipinski definition) is 10. The van der Waals surface area contributed by atoms with Crippen molar-refractivity contribution in [2.75, 3.05) is 70.8 Å². The summed E-state index contributed by atoms with van der Waals surface area (Å²) in [6, 6.07) is 6.11. The number of hydrogen-bond donors (Lipinski definition) is 3. The van der Waals surface area contributed by atoms with E-state index < -0.39 is 29.3 Å². The van der Waals surface area contributed by atoms with Crippen LogP contribution in [0, 0.1) is 5.92 Å². The van der Waals surface area contributed by atoms with Crippen molar-refractivity contribution in [2.45, 2.75) is 33.0 Å². The van der Waals surface area contributed by atoms with Crippen LogP contribution in [0.2, 0.25) is 0 Å². The summed E-state index contributed by atoms with van der Waals surface area (Å²) in [5.41, 5.74) is 0.123. The van der Waals surface area contributed by atoms with Gasteiger partial charge in [-0.2, -0.15) is 13.2 Å². The van der Waals surface area contributed by atoms with E-state index in [9.17, 15) is 27.6 Å². The molecule has 0 saturated carbocycles. The molecule has 0 radical (unpaired) electrons. The second kappa shape index (κ2) is 15.9. The summed E-state index contributed by atoms with van der Waals surface area (Å²) in [4.78, 5) is 52.3. The first-order valence-corrected chi connectivity index (χ1v) is 18.0. The molecule has 2 aliphatic rings. The number of carbonyl (C=O) groups excluding carboxylic acids is 2. The van der Waals surface area contributed by atoms with Crippen LogP contribution in [-0.4, -0.2) is 102 Å². The molecular weight excluding hydrogens is 685 g/mol. The number of alkyl halides is 3. The van der Waals surface area contributed by atoms with Crippen LogP contribution >= 0.6 is 11.3 Å². The number of nitrogens with zero attached hydrogens (tertiary/aromatic N) is 5. The molecule has 51 heavy (non-hydrogen) atoms. The highest BCUT2D eigenvalue weighted by molar-refractivity contribution is 7.13. The number of benzene rings is 1. The van der Waals surface area contributed by atoms with Gasteiger partial charge >= 0.3 is 18.2 Å². The van der Waals surface area contributed by atoms with E-state index in [4.69, 9.17) is 4.74 Å². The molecule has 272 valence electrons. The minimum Gasteiger partial charge on any atom is -0.462 e. The lowest BCUT2D eigenvalue weighted by Gasteiger charge is -2.29. The third-order valence-corrected chi connectivity index (χ3v) is 10.0. The molecule has 0 bridgehead atoms. The number of amides is 2. The van der Waals surface area contributed by atoms with Crippen LogP contribution < -0.4 is 21.4 Å². The predicted octanol–water partition coefficient (Wildman–Crippen LogP) is 4.75. The molecule has 2 saturated heterocycles. The topological polar surface area (TPSA) is 134 Å². The fraction of sp³-hybridized carbons (Fsp3) is 0.457. The van der Waals surface area contributed by atoms with E-state index in [1.807, 2.05) is 4.57 Å². The summed E-state index contributed by atoms with van der Waals surface area (Å²) in [7, 11) is 0. The van der Waals surface area contributed by atoms with Gasteiger partial charge in [-0.3, -0.25) is 15.0 Å². The monoisotopic (exact) mass is 726 g/mol. The standard InChI is InChI=1S/C35H41F3N8O4S/c1-3-40-34(49)43-30-16-24(32-42-29(21-51-32)35(36,37)38)26(17-41-30)23-5-6-28-25(15-23)31(47)27(33(48)50-4-2)20-46(28)19-22-7-10-45(18-22)14-13-44-11-8-39-9-12-44/h5-6,15-17,20-22,39H,3-4,7-14,18-19H2,1-2H3,(H2,40,41,43,49). The van der Waals surface area contributed by atoms with Crippen LogP contribution in [0.1, 0.15) is 36.3 Å². The second-order valence-electron chi connectivity index (χ2n) is 12.7. The maximum Gasteiger partial charge on any atom is 0.434 e. The van der Waals surface area contributed by atoms with Gasteiger partial charge < -0.3 is 24.8 Å². The molecule has 5 heterocycles. The largest absolute Gasteiger partial charge is 0.462 e. The van der Waals surface area contributed by atoms with Gasteiger partial charge in [0.25, 0.3) is 0 Å². The number of carbonyl (C=O) groups is 2. The van der Waals surface area contributed by atoms with Crippen LogP contribution in [0.3, 0.4) is 0 Å². The van der Waals surface area contributed by atoms with Crippen molar-refractivity contribution in [1.29, 1.82) is 0 Å². The number of ether oxygens (including phenoxy) is 1. The summed E-state index contributed by atoms with van der Waals surface area (Å²) in [5, 5.41) is 9.81. The number of thiazole rings is 1. The number of esters is 1. The number of urea groups is 1. The zero-order valence-electron chi connectivity index (χ0n) is 28.5. The average molecular weight is 727 g/mol. The van der Waals surface area contributed by atoms with E-state index >= 15 is 0 Å². The first-order valence-electron chi connectivity index (χ1n) is 17.1. The third kappa shape index (κ3) is 8.57. The quantitative estimate of drug-likeness (QED) is 0.187. The SMILES string of the molecule is CCNC(=O)Nc1cc(-c2nc(C(F)(F)F)cs2)c(-c2ccc3c(c2)c(=O)c(C(=O)OCC)cn3CC2CCN(CCN3CCNCC3)C2)cn1. The van der Waals surface area contributed by atoms with Crippen LogP contribution in [0.4, 0.5) is 23.8 Å². The van der Waals surface area contributed by atoms with Gasteiger partial charge in [-0.05, 0) is 56.5 Å². The van der Waals surface area contributed by atoms with E-state index in [0.717, 1.165) is 75.5 Å². The van der Waals surface area contributed by atoms with E-state index in [1.54, 1.807) is 38.2 Å². The van der Waals surface area contributed by atoms with Crippen LogP contribution in [0.15, 0.2) is 46.8 Å². The third-order valence-electron chi connectivity index (χ3n) is 9.16. The van der Waals surface area contributed by atoms with Crippen molar-refractivity contribution < 1.29 is 27.5 Å². The molecule has 16 heteroatoms. The number of rotatable bonds is 11. The minimum absolute atomic E-state index is 0.0548. The summed E-state index contributed by atoms with van der Waals surface area (Å²) < 4.78 is 47.9. The minimum atomic E-state index is -4.65. The number of nitrogens with one attached hydrogen (secondary N) is 3. The molecule has 12 nitrogen and oxygen atoms in total. The second-order valence-corrected chi connectivity index (χ2v) is 13.5. The predicted molar refractivity (Wildman–Crippen MR) is 190 cm³/mol. The van der Waals surface area contributed by atoms with Gasteiger partial charge in [0.15, 0.2) is 5.69 Å². The van der Waals surface area contributed by atoms with Crippen molar-refractivity contribution in [2.24, 2.45) is 5.92 Å². The van der Waals surface area contributed by atoms with Gasteiger partial charge in [0.1, 0.15) is 16.4 Å². The Kier molecular flexibility index (Phi) is 11.3. The fourth-order valence-electron chi connectivity index (χ4n) is 6.61. The highest BCUT2D eigenvalue weighted by Gasteiger charge is 2.34. The van der Waals surface area contributed by atoms with Gasteiger partial charge in [-0.1, -0.05) is 6.07 Å². The lowest BCUT2D eigenvalue weighted by molar-refractivity contribution is -0.140. The normalized spacial score (nSPS) is 17.2. The zero-order valence-corrected chi connectivity index (χ0v) is 29.3. The Morgan fingerprint density at radius 2 is 1.86 bits per heavy atom. The Balaban J connectivity index is 1.36. The highest BCUT2D eigenvalue weighted by atomic mass is 32.1. The van der Waals surface area contributed by atoms with Crippen molar-refractivity contribution >= 4 is 40.1 Å². The Morgan fingerprint density at radius 3 is 2.59 bits per heavy atom. The first kappa shape index (κ1) is 36.4. The van der Waals surface area contributed by atoms with Crippen molar-refractivity contribution in [1.82, 2.24) is 35.0 Å². The molecule has 0 aliphatic carbocycles. The number of halogens is 3. The smallest absolute Gasteiger partial charge is 0.434 e. The number of anilines is 1. The Labute approximate surface area is 297 Å². The van der Waals surface area contributed by atoms with Crippen LogP contribution in [0.5, 0.6) is 0 Å². The van der Waals surface area contributed by atoms with E-state index in [-0.39, 0.29) is 33.9 Å². The molecule has 6 rings (SSSR count). The lowest BCUT2D eigenvalue weighted by atomic mass is 9.99. The number of pyridine rings is 2. The Hall–Kier alpha value is -4.38. The van der Waals surface area contributed by atoms with Gasteiger partial charge in [0.2, 0.25) is 5.43 Å². The van der Waals surface area contributed by atoms with Gasteiger partial charge in [0.05, 0.1) is 12.1 Å². The molecule has 2 fully saturated rings. The maximum atomic E-state index is 13.9. The van der Waals surface area contributed by atoms with Crippen molar-refractivity contribution in [3.63, 3.8) is 0 Å². The maximum absolute atomic E-state index is 13.9. The van der Waals surface area contributed by atoms with Crippen molar-refractivity contribution in [3.05, 3.63) is 63.5 Å². The molecule has 0 spiro atoms. The first-order chi connectivity index (χ1) is 24.5. The fourth-order valence-corrected chi connectivity index (χ4v) is 7.47. The molecule has 1 unspecified atom stereocenters.